The molecule has 1 nitrogen and oxygen atoms in total. The van der Waals surface area contributed by atoms with E-state index < -0.39 is 4.41 Å². The van der Waals surface area contributed by atoms with Gasteiger partial charge in [0.25, 0.3) is 0 Å². The Kier molecular flexibility index (Phi) is 2.61. The Morgan fingerprint density at radius 1 is 1.42 bits per heavy atom. The van der Waals surface area contributed by atoms with Crippen molar-refractivity contribution in [3.63, 3.8) is 0 Å². The minimum atomic E-state index is -1.82. The van der Waals surface area contributed by atoms with Crippen LogP contribution in [0.2, 0.25) is 0 Å². The molecule has 12 heavy (non-hydrogen) atoms. The van der Waals surface area contributed by atoms with E-state index in [0.717, 1.165) is 13.0 Å². The van der Waals surface area contributed by atoms with Crippen molar-refractivity contribution in [1.29, 1.82) is 0 Å². The number of hydrogen-bond acceptors (Lipinski definition) is 1. The van der Waals surface area contributed by atoms with Crippen molar-refractivity contribution < 1.29 is 0 Å². The fourth-order valence-electron chi connectivity index (χ4n) is 1.49. The van der Waals surface area contributed by atoms with Crippen LogP contribution in [0.25, 0.3) is 0 Å². The number of benzene rings is 1. The van der Waals surface area contributed by atoms with Gasteiger partial charge < -0.3 is 0 Å². The summed E-state index contributed by atoms with van der Waals surface area (Å²) in [6, 6.07) is 8.48. The molecule has 0 fully saturated rings. The van der Waals surface area contributed by atoms with Gasteiger partial charge in [0.05, 0.1) is 0 Å². The molecule has 0 saturated carbocycles. The summed E-state index contributed by atoms with van der Waals surface area (Å²) in [7, 11) is 0. The van der Waals surface area contributed by atoms with Crippen molar-refractivity contribution in [2.45, 2.75) is 6.42 Å². The van der Waals surface area contributed by atoms with Crippen LogP contribution in [0.4, 0.5) is 0 Å². The second kappa shape index (κ2) is 3.41. The van der Waals surface area contributed by atoms with Crippen LogP contribution < -0.4 is 10.4 Å². The van der Waals surface area contributed by atoms with Gasteiger partial charge in [-0.05, 0) is 0 Å². The average molecular weight is 314 g/mol. The Balaban J connectivity index is 2.52. The monoisotopic (exact) mass is 313 g/mol. The van der Waals surface area contributed by atoms with E-state index >= 15 is 0 Å². The van der Waals surface area contributed by atoms with Gasteiger partial charge in [0.1, 0.15) is 0 Å². The first kappa shape index (κ1) is 9.20. The fraction of sp³-hybridized carbons (Fsp3) is 0.250. The van der Waals surface area contributed by atoms with Gasteiger partial charge in [-0.25, -0.2) is 0 Å². The van der Waals surface area contributed by atoms with Gasteiger partial charge >= 0.3 is 90.9 Å². The van der Waals surface area contributed by atoms with Crippen LogP contribution in [0.15, 0.2) is 24.3 Å². The molecule has 0 bridgehead atoms. The summed E-state index contributed by atoms with van der Waals surface area (Å²) >= 11 is 8.79. The number of hydrogen-bond donors (Lipinski definition) is 1. The molecule has 0 atom stereocenters. The number of nitrogens with one attached hydrogen (secondary N) is 1. The molecule has 0 unspecified atom stereocenters. The predicted molar refractivity (Wildman–Crippen MR) is 66.0 cm³/mol. The molecule has 1 aliphatic rings. The molecule has 4 heteroatoms. The fourth-order valence-corrected chi connectivity index (χ4v) is 6.26. The number of rotatable bonds is 0. The van der Waals surface area contributed by atoms with E-state index in [1.165, 1.54) is 10.9 Å². The molecule has 0 spiro atoms. The molecule has 0 aliphatic carbocycles. The number of fused-ring (bicyclic) bond motifs is 1. The Bertz CT molecular complexity index is 303. The second-order valence-electron chi connectivity index (χ2n) is 2.91. The molecule has 0 saturated heterocycles. The van der Waals surface area contributed by atoms with Gasteiger partial charge in [-0.3, -0.25) is 0 Å². The molecular weight excluding hydrogens is 303 g/mol. The molecule has 1 N–H and O–H groups in total. The second-order valence-corrected chi connectivity index (χ2v) is 13.4. The van der Waals surface area contributed by atoms with Gasteiger partial charge in [0, 0.05) is 0 Å². The summed E-state index contributed by atoms with van der Waals surface area (Å²) in [5, 5.41) is 4.75. The molecule has 0 aromatic heterocycles. The van der Waals surface area contributed by atoms with Crippen molar-refractivity contribution in [1.82, 2.24) is 5.09 Å². The summed E-state index contributed by atoms with van der Waals surface area (Å²) in [6.07, 6.45) is 1.11. The van der Waals surface area contributed by atoms with E-state index in [4.69, 9.17) is 11.2 Å². The summed E-state index contributed by atoms with van der Waals surface area (Å²) in [6.45, 7) is 1.02. The van der Waals surface area contributed by atoms with Crippen molar-refractivity contribution in [3.8, 4) is 0 Å². The predicted octanol–water partition coefficient (Wildman–Crippen LogP) is 2.63. The molecule has 1 aromatic rings. The van der Waals surface area contributed by atoms with Crippen molar-refractivity contribution in [2.75, 3.05) is 6.54 Å². The zero-order valence-electron chi connectivity index (χ0n) is 6.48. The van der Waals surface area contributed by atoms with Crippen LogP contribution in [0.5, 0.6) is 0 Å². The molecular formula is C8H10ClINP. The molecule has 0 radical (unpaired) electrons. The van der Waals surface area contributed by atoms with E-state index in [0.29, 0.717) is 0 Å². The van der Waals surface area contributed by atoms with E-state index in [-0.39, 0.29) is 0 Å². The molecule has 2 rings (SSSR count). The third-order valence-corrected chi connectivity index (χ3v) is 7.85. The van der Waals surface area contributed by atoms with Crippen LogP contribution in [0.1, 0.15) is 5.56 Å². The first-order chi connectivity index (χ1) is 5.70. The zero-order valence-corrected chi connectivity index (χ0v) is 10.4. The van der Waals surface area contributed by atoms with Crippen molar-refractivity contribution in [3.05, 3.63) is 29.8 Å². The minimum absolute atomic E-state index is 1.02. The molecule has 1 aliphatic heterocycles. The Hall–Kier alpha value is 0.630. The van der Waals surface area contributed by atoms with Gasteiger partial charge in [0.15, 0.2) is 0 Å². The molecule has 0 amide bonds. The maximum atomic E-state index is 6.42. The van der Waals surface area contributed by atoms with Gasteiger partial charge in [0.2, 0.25) is 0 Å². The first-order valence-electron chi connectivity index (χ1n) is 3.91. The van der Waals surface area contributed by atoms with Crippen LogP contribution in [0.3, 0.4) is 0 Å². The zero-order chi connectivity index (χ0) is 8.60. The SMILES string of the molecule is Cl[PH]1(I)NCCc2ccccc21. The van der Waals surface area contributed by atoms with Crippen LogP contribution in [-0.2, 0) is 6.42 Å². The topological polar surface area (TPSA) is 12.0 Å². The summed E-state index contributed by atoms with van der Waals surface area (Å²) in [5.41, 5.74) is 1.42. The molecule has 66 valence electrons. The summed E-state index contributed by atoms with van der Waals surface area (Å²) < 4.78 is -1.82. The van der Waals surface area contributed by atoms with E-state index in [1.54, 1.807) is 0 Å². The third kappa shape index (κ3) is 1.63. The number of halogens is 2. The molecule has 1 aromatic carbocycles. The van der Waals surface area contributed by atoms with E-state index in [1.807, 2.05) is 0 Å². The Labute approximate surface area is 90.5 Å². The van der Waals surface area contributed by atoms with Crippen LogP contribution >= 0.6 is 37.7 Å². The van der Waals surface area contributed by atoms with E-state index in [2.05, 4.69) is 51.4 Å². The quantitative estimate of drug-likeness (QED) is 0.573. The van der Waals surface area contributed by atoms with Crippen LogP contribution in [0, 0.1) is 0 Å². The Morgan fingerprint density at radius 3 is 2.92 bits per heavy atom. The van der Waals surface area contributed by atoms with Gasteiger partial charge in [-0.2, -0.15) is 0 Å². The van der Waals surface area contributed by atoms with Crippen molar-refractivity contribution >= 4 is 43.0 Å². The average Bonchev–Trinajstić information content (AvgIpc) is 2.04. The van der Waals surface area contributed by atoms with E-state index in [9.17, 15) is 0 Å². The Morgan fingerprint density at radius 2 is 2.17 bits per heavy atom. The first-order valence-corrected chi connectivity index (χ1v) is 10.0. The van der Waals surface area contributed by atoms with Crippen LogP contribution in [-0.4, -0.2) is 6.54 Å². The maximum absolute atomic E-state index is 6.42. The third-order valence-electron chi connectivity index (χ3n) is 2.10. The summed E-state index contributed by atoms with van der Waals surface area (Å²) in [5.74, 6) is 0. The normalized spacial score (nSPS) is 22.8. The standard InChI is InChI=1S/C8H10ClINP/c9-12(10)8-4-2-1-3-7(8)5-6-11-12/h1-4,11-12H,5-6H2. The molecule has 1 heterocycles. The summed E-state index contributed by atoms with van der Waals surface area (Å²) in [4.78, 5) is 0. The van der Waals surface area contributed by atoms with Gasteiger partial charge in [-0.1, -0.05) is 0 Å². The van der Waals surface area contributed by atoms with Crippen molar-refractivity contribution in [2.24, 2.45) is 0 Å². The van der Waals surface area contributed by atoms with Gasteiger partial charge in [-0.15, -0.1) is 0 Å².